The van der Waals surface area contributed by atoms with Crippen LogP contribution in [0.25, 0.3) is 0 Å². The molecule has 0 aliphatic carbocycles. The Morgan fingerprint density at radius 1 is 1.22 bits per heavy atom. The van der Waals surface area contributed by atoms with Crippen molar-refractivity contribution in [3.8, 4) is 0 Å². The van der Waals surface area contributed by atoms with Gasteiger partial charge in [0.15, 0.2) is 0 Å². The summed E-state index contributed by atoms with van der Waals surface area (Å²) in [6.07, 6.45) is 1.87. The Balaban J connectivity index is 2.16. The van der Waals surface area contributed by atoms with E-state index >= 15 is 0 Å². The van der Waals surface area contributed by atoms with Crippen LogP contribution < -0.4 is 16.6 Å². The largest absolute Gasteiger partial charge is 0.363 e. The molecule has 0 atom stereocenters. The van der Waals surface area contributed by atoms with Gasteiger partial charge in [-0.05, 0) is 20.8 Å². The van der Waals surface area contributed by atoms with Gasteiger partial charge in [0.05, 0.1) is 6.54 Å². The summed E-state index contributed by atoms with van der Waals surface area (Å²) >= 11 is 1.67. The lowest BCUT2D eigenvalue weighted by atomic mass is 10.3. The van der Waals surface area contributed by atoms with Crippen molar-refractivity contribution in [3.05, 3.63) is 27.5 Å². The summed E-state index contributed by atoms with van der Waals surface area (Å²) in [7, 11) is 0. The molecular weight excluding hydrogens is 248 g/mol. The van der Waals surface area contributed by atoms with Gasteiger partial charge in [-0.3, -0.25) is 0 Å². The summed E-state index contributed by atoms with van der Waals surface area (Å²) in [5, 5.41) is 4.29. The molecule has 2 aromatic rings. The van der Waals surface area contributed by atoms with Crippen LogP contribution in [0, 0.1) is 20.8 Å². The second-order valence-corrected chi connectivity index (χ2v) is 5.27. The smallest absolute Gasteiger partial charge is 0.148 e. The van der Waals surface area contributed by atoms with Crippen molar-refractivity contribution in [3.63, 3.8) is 0 Å². The van der Waals surface area contributed by atoms with E-state index in [0.29, 0.717) is 18.2 Å². The van der Waals surface area contributed by atoms with E-state index < -0.39 is 0 Å². The van der Waals surface area contributed by atoms with Gasteiger partial charge >= 0.3 is 0 Å². The highest BCUT2D eigenvalue weighted by Crippen LogP contribution is 2.20. The van der Waals surface area contributed by atoms with Crippen molar-refractivity contribution < 1.29 is 0 Å². The summed E-state index contributed by atoms with van der Waals surface area (Å²) in [6.45, 7) is 6.45. The average Bonchev–Trinajstić information content (AvgIpc) is 2.75. The van der Waals surface area contributed by atoms with Gasteiger partial charge in [-0.2, -0.15) is 0 Å². The number of nitrogens with zero attached hydrogens (tertiary/aromatic N) is 3. The molecule has 0 unspecified atom stereocenters. The topological polar surface area (TPSA) is 88.8 Å². The van der Waals surface area contributed by atoms with Gasteiger partial charge in [-0.25, -0.2) is 20.8 Å². The Bertz CT molecular complexity index is 550. The maximum Gasteiger partial charge on any atom is 0.148 e. The van der Waals surface area contributed by atoms with Crippen molar-refractivity contribution in [2.75, 3.05) is 10.7 Å². The standard InChI is InChI=1S/C11H16N6S/c1-6-4-13-9(18-6)5-14-10-7(2)11(17-12)16-8(3)15-10/h4H,5,12H2,1-3H3,(H2,14,15,16,17). The third kappa shape index (κ3) is 2.74. The Hall–Kier alpha value is -1.73. The quantitative estimate of drug-likeness (QED) is 0.576. The highest BCUT2D eigenvalue weighted by Gasteiger charge is 2.08. The van der Waals surface area contributed by atoms with Crippen LogP contribution in [0.4, 0.5) is 11.6 Å². The van der Waals surface area contributed by atoms with Crippen LogP contribution in [0.3, 0.4) is 0 Å². The molecule has 6 nitrogen and oxygen atoms in total. The van der Waals surface area contributed by atoms with Gasteiger partial charge in [0.1, 0.15) is 22.5 Å². The average molecular weight is 264 g/mol. The van der Waals surface area contributed by atoms with Crippen LogP contribution in [0.5, 0.6) is 0 Å². The molecule has 2 heterocycles. The molecule has 0 fully saturated rings. The minimum absolute atomic E-state index is 0.639. The predicted octanol–water partition coefficient (Wildman–Crippen LogP) is 1.76. The zero-order valence-corrected chi connectivity index (χ0v) is 11.4. The molecule has 18 heavy (non-hydrogen) atoms. The van der Waals surface area contributed by atoms with Crippen LogP contribution >= 0.6 is 11.3 Å². The van der Waals surface area contributed by atoms with Crippen molar-refractivity contribution >= 4 is 23.0 Å². The molecule has 0 spiro atoms. The molecule has 0 saturated heterocycles. The molecule has 2 rings (SSSR count). The monoisotopic (exact) mass is 264 g/mol. The van der Waals surface area contributed by atoms with E-state index in [-0.39, 0.29) is 0 Å². The molecule has 96 valence electrons. The summed E-state index contributed by atoms with van der Waals surface area (Å²) in [6, 6.07) is 0. The maximum atomic E-state index is 5.42. The third-order valence-corrected chi connectivity index (χ3v) is 3.38. The first-order valence-corrected chi connectivity index (χ1v) is 6.39. The zero-order chi connectivity index (χ0) is 13.1. The van der Waals surface area contributed by atoms with Crippen LogP contribution in [0.2, 0.25) is 0 Å². The van der Waals surface area contributed by atoms with Crippen LogP contribution in [-0.4, -0.2) is 15.0 Å². The minimum atomic E-state index is 0.639. The van der Waals surface area contributed by atoms with E-state index in [1.165, 1.54) is 4.88 Å². The van der Waals surface area contributed by atoms with Crippen molar-refractivity contribution in [1.82, 2.24) is 15.0 Å². The molecule has 0 aliphatic rings. The maximum absolute atomic E-state index is 5.42. The Morgan fingerprint density at radius 2 is 1.94 bits per heavy atom. The molecular formula is C11H16N6S. The summed E-state index contributed by atoms with van der Waals surface area (Å²) in [5.41, 5.74) is 3.47. The number of hydrogen-bond donors (Lipinski definition) is 3. The van der Waals surface area contributed by atoms with E-state index in [2.05, 4.69) is 25.7 Å². The normalized spacial score (nSPS) is 10.4. The first kappa shape index (κ1) is 12.7. The Labute approximate surface area is 110 Å². The van der Waals surface area contributed by atoms with Crippen molar-refractivity contribution in [2.45, 2.75) is 27.3 Å². The Kier molecular flexibility index (Phi) is 3.73. The second kappa shape index (κ2) is 5.28. The fourth-order valence-electron chi connectivity index (χ4n) is 1.58. The fourth-order valence-corrected chi connectivity index (χ4v) is 2.31. The number of nitrogens with one attached hydrogen (secondary N) is 2. The van der Waals surface area contributed by atoms with E-state index in [4.69, 9.17) is 5.84 Å². The van der Waals surface area contributed by atoms with Crippen molar-refractivity contribution in [1.29, 1.82) is 0 Å². The fraction of sp³-hybridized carbons (Fsp3) is 0.364. The van der Waals surface area contributed by atoms with Gasteiger partial charge in [-0.1, -0.05) is 0 Å². The first-order valence-electron chi connectivity index (χ1n) is 5.57. The number of thiazole rings is 1. The SMILES string of the molecule is Cc1nc(NN)c(C)c(NCc2ncc(C)s2)n1. The first-order chi connectivity index (χ1) is 8.60. The second-order valence-electron chi connectivity index (χ2n) is 3.96. The molecule has 0 aromatic carbocycles. The molecule has 0 bridgehead atoms. The highest BCUT2D eigenvalue weighted by atomic mass is 32.1. The predicted molar refractivity (Wildman–Crippen MR) is 73.5 cm³/mol. The number of hydrazine groups is 1. The molecule has 7 heteroatoms. The van der Waals surface area contributed by atoms with Gasteiger partial charge in [0.25, 0.3) is 0 Å². The molecule has 0 radical (unpaired) electrons. The van der Waals surface area contributed by atoms with Gasteiger partial charge in [-0.15, -0.1) is 11.3 Å². The zero-order valence-electron chi connectivity index (χ0n) is 10.6. The number of hydrogen-bond acceptors (Lipinski definition) is 7. The van der Waals surface area contributed by atoms with Gasteiger partial charge < -0.3 is 10.7 Å². The number of aromatic nitrogens is 3. The van der Waals surface area contributed by atoms with E-state index in [9.17, 15) is 0 Å². The number of anilines is 2. The molecule has 0 aliphatic heterocycles. The molecule has 0 saturated carbocycles. The van der Waals surface area contributed by atoms with E-state index in [1.807, 2.05) is 27.0 Å². The van der Waals surface area contributed by atoms with Crippen LogP contribution in [-0.2, 0) is 6.54 Å². The third-order valence-electron chi connectivity index (χ3n) is 2.47. The number of rotatable bonds is 4. The molecule has 2 aromatic heterocycles. The highest BCUT2D eigenvalue weighted by molar-refractivity contribution is 7.11. The minimum Gasteiger partial charge on any atom is -0.363 e. The van der Waals surface area contributed by atoms with Gasteiger partial charge in [0, 0.05) is 16.6 Å². The summed E-state index contributed by atoms with van der Waals surface area (Å²) in [4.78, 5) is 14.1. The number of nitrogens with two attached hydrogens (primary N) is 1. The lowest BCUT2D eigenvalue weighted by Gasteiger charge is -2.11. The van der Waals surface area contributed by atoms with Crippen LogP contribution in [0.1, 0.15) is 21.3 Å². The van der Waals surface area contributed by atoms with E-state index in [1.54, 1.807) is 11.3 Å². The van der Waals surface area contributed by atoms with Gasteiger partial charge in [0.2, 0.25) is 0 Å². The van der Waals surface area contributed by atoms with Crippen LogP contribution in [0.15, 0.2) is 6.20 Å². The van der Waals surface area contributed by atoms with Crippen molar-refractivity contribution in [2.24, 2.45) is 5.84 Å². The Morgan fingerprint density at radius 3 is 2.56 bits per heavy atom. The molecule has 0 amide bonds. The number of nitrogen functional groups attached to an aromatic ring is 1. The number of aryl methyl sites for hydroxylation is 2. The lowest BCUT2D eigenvalue weighted by Crippen LogP contribution is -2.14. The van der Waals surface area contributed by atoms with E-state index in [0.717, 1.165) is 16.4 Å². The lowest BCUT2D eigenvalue weighted by molar-refractivity contribution is 0.992. The molecule has 4 N–H and O–H groups in total. The summed E-state index contributed by atoms with van der Waals surface area (Å²) in [5.74, 6) is 7.51. The summed E-state index contributed by atoms with van der Waals surface area (Å²) < 4.78 is 0.